The van der Waals surface area contributed by atoms with E-state index in [1.54, 1.807) is 12.1 Å². The van der Waals surface area contributed by atoms with Gasteiger partial charge in [-0.15, -0.1) is 0 Å². The molecule has 1 aromatic carbocycles. The molecule has 106 valence electrons. The van der Waals surface area contributed by atoms with Gasteiger partial charge < -0.3 is 10.6 Å². The summed E-state index contributed by atoms with van der Waals surface area (Å²) in [6, 6.07) is 3.21. The molecule has 1 saturated heterocycles. The fourth-order valence-corrected chi connectivity index (χ4v) is 3.22. The van der Waals surface area contributed by atoms with E-state index < -0.39 is 0 Å². The van der Waals surface area contributed by atoms with Gasteiger partial charge in [0, 0.05) is 19.2 Å². The molecule has 1 atom stereocenters. The number of rotatable bonds is 2. The van der Waals surface area contributed by atoms with E-state index in [0.29, 0.717) is 10.2 Å². The van der Waals surface area contributed by atoms with Gasteiger partial charge in [0.1, 0.15) is 5.82 Å². The van der Waals surface area contributed by atoms with Crippen molar-refractivity contribution < 1.29 is 4.39 Å². The quantitative estimate of drug-likeness (QED) is 0.813. The topological polar surface area (TPSA) is 29.3 Å². The molecule has 1 fully saturated rings. The molecule has 4 heteroatoms. The van der Waals surface area contributed by atoms with Gasteiger partial charge in [0.15, 0.2) is 0 Å². The molecule has 0 radical (unpaired) electrons. The number of nitrogens with two attached hydrogens (primary N) is 1. The number of anilines is 2. The maximum atomic E-state index is 13.7. The molecule has 0 aromatic heterocycles. The zero-order valence-corrected chi connectivity index (χ0v) is 13.2. The van der Waals surface area contributed by atoms with Crippen LogP contribution in [0.2, 0.25) is 0 Å². The van der Waals surface area contributed by atoms with Crippen molar-refractivity contribution in [1.82, 2.24) is 0 Å². The summed E-state index contributed by atoms with van der Waals surface area (Å²) in [6.07, 6.45) is 3.57. The van der Waals surface area contributed by atoms with Crippen molar-refractivity contribution in [2.45, 2.75) is 33.1 Å². The number of hydrogen-bond donors (Lipinski definition) is 1. The molecule has 2 nitrogen and oxygen atoms in total. The SMILES string of the molecule is CC(C)C1CCCN(c2cc(F)c(Br)cc2N)CC1. The van der Waals surface area contributed by atoms with Crippen LogP contribution in [0.4, 0.5) is 15.8 Å². The van der Waals surface area contributed by atoms with Gasteiger partial charge in [0.2, 0.25) is 0 Å². The second kappa shape index (κ2) is 6.12. The molecular weight excluding hydrogens is 307 g/mol. The average molecular weight is 329 g/mol. The van der Waals surface area contributed by atoms with Crippen LogP contribution in [0.1, 0.15) is 33.1 Å². The van der Waals surface area contributed by atoms with Crippen LogP contribution >= 0.6 is 15.9 Å². The first-order valence-electron chi connectivity index (χ1n) is 6.98. The molecule has 0 amide bonds. The highest BCUT2D eigenvalue weighted by atomic mass is 79.9. The average Bonchev–Trinajstić information content (AvgIpc) is 2.59. The Labute approximate surface area is 123 Å². The first-order valence-corrected chi connectivity index (χ1v) is 7.77. The zero-order chi connectivity index (χ0) is 14.0. The summed E-state index contributed by atoms with van der Waals surface area (Å²) in [5, 5.41) is 0. The second-order valence-electron chi connectivity index (χ2n) is 5.75. The van der Waals surface area contributed by atoms with Crippen molar-refractivity contribution in [3.63, 3.8) is 0 Å². The number of halogens is 2. The fraction of sp³-hybridized carbons (Fsp3) is 0.600. The molecule has 1 heterocycles. The molecular formula is C15H22BrFN2. The molecule has 0 saturated carbocycles. The van der Waals surface area contributed by atoms with Gasteiger partial charge in [-0.3, -0.25) is 0 Å². The minimum atomic E-state index is -0.242. The summed E-state index contributed by atoms with van der Waals surface area (Å²) in [6.45, 7) is 6.50. The molecule has 0 spiro atoms. The van der Waals surface area contributed by atoms with Crippen LogP contribution in [0.15, 0.2) is 16.6 Å². The van der Waals surface area contributed by atoms with Crippen LogP contribution in [0.5, 0.6) is 0 Å². The van der Waals surface area contributed by atoms with Gasteiger partial charge in [-0.05, 0) is 53.1 Å². The van der Waals surface area contributed by atoms with Crippen LogP contribution in [0.3, 0.4) is 0 Å². The summed E-state index contributed by atoms with van der Waals surface area (Å²) in [5.74, 6) is 1.25. The fourth-order valence-electron chi connectivity index (χ4n) is 2.86. The Balaban J connectivity index is 2.16. The van der Waals surface area contributed by atoms with Crippen molar-refractivity contribution in [1.29, 1.82) is 0 Å². The Morgan fingerprint density at radius 3 is 2.74 bits per heavy atom. The standard InChI is InChI=1S/C15H22BrFN2/c1-10(2)11-4-3-6-19(7-5-11)15-9-13(17)12(16)8-14(15)18/h8-11H,3-7,18H2,1-2H3. The van der Waals surface area contributed by atoms with Crippen LogP contribution < -0.4 is 10.6 Å². The lowest BCUT2D eigenvalue weighted by Crippen LogP contribution is -2.25. The lowest BCUT2D eigenvalue weighted by atomic mass is 9.89. The smallest absolute Gasteiger partial charge is 0.139 e. The predicted molar refractivity (Wildman–Crippen MR) is 82.9 cm³/mol. The Morgan fingerprint density at radius 2 is 2.05 bits per heavy atom. The summed E-state index contributed by atoms with van der Waals surface area (Å²) in [4.78, 5) is 2.23. The van der Waals surface area contributed by atoms with E-state index in [0.717, 1.165) is 43.5 Å². The number of hydrogen-bond acceptors (Lipinski definition) is 2. The largest absolute Gasteiger partial charge is 0.397 e. The van der Waals surface area contributed by atoms with E-state index >= 15 is 0 Å². The molecule has 0 bridgehead atoms. The van der Waals surface area contributed by atoms with E-state index in [2.05, 4.69) is 34.7 Å². The lowest BCUT2D eigenvalue weighted by Gasteiger charge is -2.25. The van der Waals surface area contributed by atoms with Gasteiger partial charge in [0.25, 0.3) is 0 Å². The van der Waals surface area contributed by atoms with Gasteiger partial charge in [0.05, 0.1) is 15.8 Å². The molecule has 1 aromatic rings. The van der Waals surface area contributed by atoms with Crippen molar-refractivity contribution >= 4 is 27.3 Å². The van der Waals surface area contributed by atoms with E-state index in [1.165, 1.54) is 6.42 Å². The molecule has 2 N–H and O–H groups in total. The van der Waals surface area contributed by atoms with E-state index in [4.69, 9.17) is 5.73 Å². The van der Waals surface area contributed by atoms with Crippen LogP contribution in [0.25, 0.3) is 0 Å². The number of benzene rings is 1. The Hall–Kier alpha value is -0.770. The highest BCUT2D eigenvalue weighted by molar-refractivity contribution is 9.10. The third-order valence-corrected chi connectivity index (χ3v) is 4.73. The van der Waals surface area contributed by atoms with Gasteiger partial charge in [-0.1, -0.05) is 13.8 Å². The van der Waals surface area contributed by atoms with Gasteiger partial charge in [-0.2, -0.15) is 0 Å². The maximum absolute atomic E-state index is 13.7. The van der Waals surface area contributed by atoms with Crippen molar-refractivity contribution in [3.8, 4) is 0 Å². The summed E-state index contributed by atoms with van der Waals surface area (Å²) in [7, 11) is 0. The highest BCUT2D eigenvalue weighted by Crippen LogP contribution is 2.33. The summed E-state index contributed by atoms with van der Waals surface area (Å²) >= 11 is 3.17. The van der Waals surface area contributed by atoms with Crippen LogP contribution in [0, 0.1) is 17.7 Å². The van der Waals surface area contributed by atoms with E-state index in [1.807, 2.05) is 0 Å². The molecule has 1 unspecified atom stereocenters. The first-order chi connectivity index (χ1) is 8.99. The monoisotopic (exact) mass is 328 g/mol. The highest BCUT2D eigenvalue weighted by Gasteiger charge is 2.21. The maximum Gasteiger partial charge on any atom is 0.139 e. The van der Waals surface area contributed by atoms with E-state index in [9.17, 15) is 4.39 Å². The van der Waals surface area contributed by atoms with Gasteiger partial charge in [-0.25, -0.2) is 4.39 Å². The van der Waals surface area contributed by atoms with Crippen molar-refractivity contribution in [3.05, 3.63) is 22.4 Å². The predicted octanol–water partition coefficient (Wildman–Crippen LogP) is 4.43. The van der Waals surface area contributed by atoms with Crippen LogP contribution in [-0.4, -0.2) is 13.1 Å². The van der Waals surface area contributed by atoms with Crippen molar-refractivity contribution in [2.24, 2.45) is 11.8 Å². The molecule has 0 aliphatic carbocycles. The third kappa shape index (κ3) is 3.41. The number of nitrogens with zero attached hydrogens (tertiary/aromatic N) is 1. The molecule has 1 aliphatic rings. The Bertz CT molecular complexity index is 448. The zero-order valence-electron chi connectivity index (χ0n) is 11.6. The minimum Gasteiger partial charge on any atom is -0.397 e. The second-order valence-corrected chi connectivity index (χ2v) is 6.60. The Kier molecular flexibility index (Phi) is 4.71. The molecule has 19 heavy (non-hydrogen) atoms. The summed E-state index contributed by atoms with van der Waals surface area (Å²) in [5.41, 5.74) is 7.52. The summed E-state index contributed by atoms with van der Waals surface area (Å²) < 4.78 is 14.1. The molecule has 1 aliphatic heterocycles. The van der Waals surface area contributed by atoms with Gasteiger partial charge >= 0.3 is 0 Å². The third-order valence-electron chi connectivity index (χ3n) is 4.13. The lowest BCUT2D eigenvalue weighted by molar-refractivity contribution is 0.351. The number of nitrogen functional groups attached to an aromatic ring is 1. The Morgan fingerprint density at radius 1 is 1.32 bits per heavy atom. The van der Waals surface area contributed by atoms with E-state index in [-0.39, 0.29) is 5.82 Å². The minimum absolute atomic E-state index is 0.242. The normalized spacial score (nSPS) is 20.7. The van der Waals surface area contributed by atoms with Crippen molar-refractivity contribution in [2.75, 3.05) is 23.7 Å². The first kappa shape index (κ1) is 14.6. The van der Waals surface area contributed by atoms with Crippen LogP contribution in [-0.2, 0) is 0 Å². The molecule has 2 rings (SSSR count).